The minimum absolute atomic E-state index is 0. The van der Waals surface area contributed by atoms with E-state index in [1.165, 1.54) is 5.56 Å². The van der Waals surface area contributed by atoms with E-state index in [0.29, 0.717) is 18.6 Å². The van der Waals surface area contributed by atoms with Crippen molar-refractivity contribution in [3.8, 4) is 0 Å². The minimum Gasteiger partial charge on any atom is -0.378 e. The highest BCUT2D eigenvalue weighted by atomic mass is 127. The van der Waals surface area contributed by atoms with Crippen LogP contribution >= 0.6 is 35.3 Å². The molecule has 2 heterocycles. The second-order valence-corrected chi connectivity index (χ2v) is 9.30. The monoisotopic (exact) mass is 571 g/mol. The molecule has 0 unspecified atom stereocenters. The molecule has 2 aromatic rings. The highest BCUT2D eigenvalue weighted by molar-refractivity contribution is 14.0. The summed E-state index contributed by atoms with van der Waals surface area (Å²) in [6.45, 7) is 9.96. The Kier molecular flexibility index (Phi) is 12.5. The van der Waals surface area contributed by atoms with Gasteiger partial charge in [-0.2, -0.15) is 0 Å². The molecule has 0 radical (unpaired) electrons. The highest BCUT2D eigenvalue weighted by Crippen LogP contribution is 2.18. The van der Waals surface area contributed by atoms with E-state index >= 15 is 0 Å². The van der Waals surface area contributed by atoms with Crippen LogP contribution in [-0.4, -0.2) is 55.2 Å². The number of rotatable bonds is 10. The number of likely N-dealkylation sites (tertiary alicyclic amines) is 1. The van der Waals surface area contributed by atoms with E-state index in [1.807, 2.05) is 0 Å². The third-order valence-electron chi connectivity index (χ3n) is 5.54. The number of nitrogens with one attached hydrogen (secondary N) is 2. The molecule has 1 aliphatic rings. The molecule has 178 valence electrons. The van der Waals surface area contributed by atoms with Crippen LogP contribution in [0.25, 0.3) is 0 Å². The summed E-state index contributed by atoms with van der Waals surface area (Å²) in [6.07, 6.45) is 3.61. The van der Waals surface area contributed by atoms with Crippen LogP contribution in [0.3, 0.4) is 0 Å². The standard InChI is InChI=1S/C24H37N5OS.HI/c1-19(2)22-18-31-23(28-22)16-27-24(25-3)26-12-7-15-30-21-10-13-29(14-11-21)17-20-8-5-4-6-9-20;/h4-6,8-9,18-19,21H,7,10-17H2,1-3H3,(H2,25,26,27);1H. The van der Waals surface area contributed by atoms with Gasteiger partial charge in [0.2, 0.25) is 0 Å². The molecule has 8 heteroatoms. The average Bonchev–Trinajstić information content (AvgIpc) is 3.27. The molecule has 6 nitrogen and oxygen atoms in total. The van der Waals surface area contributed by atoms with Crippen molar-refractivity contribution < 1.29 is 4.74 Å². The smallest absolute Gasteiger partial charge is 0.191 e. The maximum absolute atomic E-state index is 6.12. The Hall–Kier alpha value is -1.23. The number of benzene rings is 1. The summed E-state index contributed by atoms with van der Waals surface area (Å²) in [5.41, 5.74) is 2.55. The molecule has 0 atom stereocenters. The largest absolute Gasteiger partial charge is 0.378 e. The normalized spacial score (nSPS) is 15.6. The number of hydrogen-bond acceptors (Lipinski definition) is 5. The van der Waals surface area contributed by atoms with Crippen LogP contribution in [0.4, 0.5) is 0 Å². The lowest BCUT2D eigenvalue weighted by Crippen LogP contribution is -2.38. The molecule has 3 rings (SSSR count). The van der Waals surface area contributed by atoms with Crippen molar-refractivity contribution >= 4 is 41.3 Å². The third-order valence-corrected chi connectivity index (χ3v) is 6.41. The van der Waals surface area contributed by atoms with Gasteiger partial charge in [0.15, 0.2) is 5.96 Å². The van der Waals surface area contributed by atoms with Crippen LogP contribution in [0.5, 0.6) is 0 Å². The third kappa shape index (κ3) is 9.33. The molecule has 0 spiro atoms. The first-order valence-electron chi connectivity index (χ1n) is 11.4. The summed E-state index contributed by atoms with van der Waals surface area (Å²) < 4.78 is 6.12. The SMILES string of the molecule is CN=C(NCCCOC1CCN(Cc2ccccc2)CC1)NCc1nc(C(C)C)cs1.I. The predicted molar refractivity (Wildman–Crippen MR) is 145 cm³/mol. The first-order valence-corrected chi connectivity index (χ1v) is 12.3. The number of hydrogen-bond donors (Lipinski definition) is 2. The minimum atomic E-state index is 0. The first-order chi connectivity index (χ1) is 15.1. The van der Waals surface area contributed by atoms with E-state index < -0.39 is 0 Å². The zero-order valence-corrected chi connectivity index (χ0v) is 22.7. The zero-order valence-electron chi connectivity index (χ0n) is 19.5. The fourth-order valence-corrected chi connectivity index (χ4v) is 4.55. The second kappa shape index (κ2) is 14.8. The first kappa shape index (κ1) is 27.0. The summed E-state index contributed by atoms with van der Waals surface area (Å²) >= 11 is 1.70. The maximum atomic E-state index is 6.12. The average molecular weight is 572 g/mol. The molecule has 1 saturated heterocycles. The fraction of sp³-hybridized carbons (Fsp3) is 0.583. The quantitative estimate of drug-likeness (QED) is 0.189. The predicted octanol–water partition coefficient (Wildman–Crippen LogP) is 4.62. The summed E-state index contributed by atoms with van der Waals surface area (Å²) in [7, 11) is 1.80. The van der Waals surface area contributed by atoms with E-state index in [1.54, 1.807) is 18.4 Å². The van der Waals surface area contributed by atoms with Crippen molar-refractivity contribution in [2.45, 2.75) is 58.2 Å². The molecule has 0 amide bonds. The van der Waals surface area contributed by atoms with E-state index in [9.17, 15) is 0 Å². The lowest BCUT2D eigenvalue weighted by molar-refractivity contribution is 0.00534. The van der Waals surface area contributed by atoms with Crippen LogP contribution < -0.4 is 10.6 Å². The van der Waals surface area contributed by atoms with Crippen molar-refractivity contribution in [2.75, 3.05) is 33.3 Å². The molecule has 1 fully saturated rings. The Bertz CT molecular complexity index is 791. The number of nitrogens with zero attached hydrogens (tertiary/aromatic N) is 3. The molecule has 0 bridgehead atoms. The Morgan fingerprint density at radius 3 is 2.62 bits per heavy atom. The Labute approximate surface area is 214 Å². The number of thiazole rings is 1. The number of ether oxygens (including phenoxy) is 1. The van der Waals surface area contributed by atoms with Crippen molar-refractivity contribution in [1.82, 2.24) is 20.5 Å². The van der Waals surface area contributed by atoms with Crippen LogP contribution in [-0.2, 0) is 17.8 Å². The molecule has 2 N–H and O–H groups in total. The number of halogens is 1. The van der Waals surface area contributed by atoms with Crippen LogP contribution in [0.1, 0.15) is 55.3 Å². The molecule has 1 aromatic carbocycles. The van der Waals surface area contributed by atoms with Crippen molar-refractivity contribution in [2.24, 2.45) is 4.99 Å². The lowest BCUT2D eigenvalue weighted by Gasteiger charge is -2.32. The molecule has 0 aliphatic carbocycles. The van der Waals surface area contributed by atoms with Crippen LogP contribution in [0, 0.1) is 0 Å². The number of aromatic nitrogens is 1. The van der Waals surface area contributed by atoms with Crippen molar-refractivity contribution in [1.29, 1.82) is 0 Å². The lowest BCUT2D eigenvalue weighted by atomic mass is 10.1. The maximum Gasteiger partial charge on any atom is 0.191 e. The van der Waals surface area contributed by atoms with Crippen LogP contribution in [0.15, 0.2) is 40.7 Å². The fourth-order valence-electron chi connectivity index (χ4n) is 3.66. The summed E-state index contributed by atoms with van der Waals surface area (Å²) in [6, 6.07) is 10.7. The van der Waals surface area contributed by atoms with Gasteiger partial charge in [0.1, 0.15) is 5.01 Å². The number of guanidine groups is 1. The van der Waals surface area contributed by atoms with Gasteiger partial charge in [0.05, 0.1) is 18.3 Å². The summed E-state index contributed by atoms with van der Waals surface area (Å²) in [4.78, 5) is 11.5. The number of aliphatic imine (C=N–C) groups is 1. The summed E-state index contributed by atoms with van der Waals surface area (Å²) in [5.74, 6) is 1.29. The van der Waals surface area contributed by atoms with E-state index in [0.717, 1.165) is 68.7 Å². The molecular formula is C24H38IN5OS. The van der Waals surface area contributed by atoms with Gasteiger partial charge < -0.3 is 15.4 Å². The summed E-state index contributed by atoms with van der Waals surface area (Å²) in [5, 5.41) is 9.94. The van der Waals surface area contributed by atoms with Gasteiger partial charge in [-0.15, -0.1) is 35.3 Å². The van der Waals surface area contributed by atoms with Gasteiger partial charge in [-0.1, -0.05) is 44.2 Å². The van der Waals surface area contributed by atoms with Gasteiger partial charge in [-0.05, 0) is 30.7 Å². The van der Waals surface area contributed by atoms with Gasteiger partial charge in [0, 0.05) is 45.2 Å². The second-order valence-electron chi connectivity index (χ2n) is 8.36. The van der Waals surface area contributed by atoms with E-state index in [2.05, 4.69) is 75.1 Å². The van der Waals surface area contributed by atoms with Gasteiger partial charge >= 0.3 is 0 Å². The van der Waals surface area contributed by atoms with Gasteiger partial charge in [-0.25, -0.2) is 4.98 Å². The van der Waals surface area contributed by atoms with Crippen molar-refractivity contribution in [3.63, 3.8) is 0 Å². The van der Waals surface area contributed by atoms with Gasteiger partial charge in [-0.3, -0.25) is 9.89 Å². The van der Waals surface area contributed by atoms with Gasteiger partial charge in [0.25, 0.3) is 0 Å². The van der Waals surface area contributed by atoms with E-state index in [-0.39, 0.29) is 24.0 Å². The highest BCUT2D eigenvalue weighted by Gasteiger charge is 2.19. The molecule has 1 aliphatic heterocycles. The van der Waals surface area contributed by atoms with Crippen molar-refractivity contribution in [3.05, 3.63) is 52.0 Å². The molecule has 0 saturated carbocycles. The molecular weight excluding hydrogens is 533 g/mol. The molecule has 32 heavy (non-hydrogen) atoms. The zero-order chi connectivity index (χ0) is 21.9. The number of piperidine rings is 1. The Morgan fingerprint density at radius 2 is 1.97 bits per heavy atom. The Morgan fingerprint density at radius 1 is 1.22 bits per heavy atom. The van der Waals surface area contributed by atoms with Crippen LogP contribution in [0.2, 0.25) is 0 Å². The topological polar surface area (TPSA) is 61.8 Å². The Balaban J connectivity index is 0.00000363. The van der Waals surface area contributed by atoms with E-state index in [4.69, 9.17) is 4.74 Å². The molecule has 1 aromatic heterocycles.